The third-order valence-corrected chi connectivity index (χ3v) is 6.08. The zero-order chi connectivity index (χ0) is 12.5. The summed E-state index contributed by atoms with van der Waals surface area (Å²) in [5, 5.41) is 3.76. The van der Waals surface area contributed by atoms with Crippen molar-refractivity contribution in [3.05, 3.63) is 16.1 Å². The van der Waals surface area contributed by atoms with Gasteiger partial charge in [-0.05, 0) is 26.7 Å². The van der Waals surface area contributed by atoms with Crippen molar-refractivity contribution in [2.24, 2.45) is 0 Å². The van der Waals surface area contributed by atoms with Gasteiger partial charge in [0.05, 0.1) is 5.25 Å². The molecule has 0 saturated heterocycles. The molecule has 1 aliphatic carbocycles. The van der Waals surface area contributed by atoms with Crippen LogP contribution in [0.1, 0.15) is 36.6 Å². The molecular formula is C11H18N2O2S2. The fourth-order valence-corrected chi connectivity index (χ4v) is 3.52. The van der Waals surface area contributed by atoms with Crippen molar-refractivity contribution in [1.29, 1.82) is 0 Å². The van der Waals surface area contributed by atoms with Gasteiger partial charge in [-0.15, -0.1) is 11.3 Å². The predicted octanol–water partition coefficient (Wildman–Crippen LogP) is 1.72. The van der Waals surface area contributed by atoms with Crippen molar-refractivity contribution < 1.29 is 8.42 Å². The zero-order valence-corrected chi connectivity index (χ0v) is 11.8. The van der Waals surface area contributed by atoms with E-state index in [0.717, 1.165) is 11.4 Å². The van der Waals surface area contributed by atoms with Crippen LogP contribution >= 0.6 is 11.3 Å². The van der Waals surface area contributed by atoms with Gasteiger partial charge in [0.25, 0.3) is 0 Å². The molecule has 0 unspecified atom stereocenters. The summed E-state index contributed by atoms with van der Waals surface area (Å²) in [6, 6.07) is 0.667. The Balaban J connectivity index is 1.93. The molecular weight excluding hydrogens is 256 g/mol. The smallest absolute Gasteiger partial charge is 0.159 e. The first-order valence-corrected chi connectivity index (χ1v) is 8.39. The maximum atomic E-state index is 11.7. The minimum atomic E-state index is -3.03. The molecule has 1 aromatic rings. The molecule has 1 N–H and O–H groups in total. The van der Waals surface area contributed by atoms with Gasteiger partial charge in [0.15, 0.2) is 9.84 Å². The summed E-state index contributed by atoms with van der Waals surface area (Å²) in [5.41, 5.74) is 0. The number of aromatic nitrogens is 1. The lowest BCUT2D eigenvalue weighted by Crippen LogP contribution is -2.15. The predicted molar refractivity (Wildman–Crippen MR) is 69.7 cm³/mol. The molecule has 1 heterocycles. The lowest BCUT2D eigenvalue weighted by molar-refractivity contribution is 0.586. The van der Waals surface area contributed by atoms with E-state index in [2.05, 4.69) is 10.3 Å². The minimum Gasteiger partial charge on any atom is -0.309 e. The second kappa shape index (κ2) is 5.04. The fraction of sp³-hybridized carbons (Fsp3) is 0.727. The van der Waals surface area contributed by atoms with E-state index < -0.39 is 9.84 Å². The monoisotopic (exact) mass is 274 g/mol. The van der Waals surface area contributed by atoms with Crippen molar-refractivity contribution in [3.63, 3.8) is 0 Å². The second-order valence-electron chi connectivity index (χ2n) is 4.73. The number of nitrogens with zero attached hydrogens (tertiary/aromatic N) is 1. The van der Waals surface area contributed by atoms with Crippen molar-refractivity contribution in [1.82, 2.24) is 10.3 Å². The minimum absolute atomic E-state index is 0.0682. The van der Waals surface area contributed by atoms with Crippen LogP contribution < -0.4 is 5.32 Å². The van der Waals surface area contributed by atoms with E-state index in [1.807, 2.05) is 0 Å². The van der Waals surface area contributed by atoms with Crippen LogP contribution in [0.4, 0.5) is 0 Å². The molecule has 0 amide bonds. The summed E-state index contributed by atoms with van der Waals surface area (Å²) in [6.07, 6.45) is 4.30. The molecule has 0 bridgehead atoms. The van der Waals surface area contributed by atoms with Crippen LogP contribution in [-0.4, -0.2) is 24.7 Å². The fourth-order valence-electron chi connectivity index (χ4n) is 1.37. The highest BCUT2D eigenvalue weighted by Gasteiger charge is 2.21. The first kappa shape index (κ1) is 13.0. The van der Waals surface area contributed by atoms with Gasteiger partial charge >= 0.3 is 0 Å². The molecule has 1 saturated carbocycles. The quantitative estimate of drug-likeness (QED) is 0.858. The first-order chi connectivity index (χ1) is 7.97. The average Bonchev–Trinajstić information content (AvgIpc) is 2.97. The number of nitrogens with one attached hydrogen (secondary N) is 1. The summed E-state index contributed by atoms with van der Waals surface area (Å²) < 4.78 is 23.5. The molecule has 0 aliphatic heterocycles. The van der Waals surface area contributed by atoms with Gasteiger partial charge in [0, 0.05) is 23.7 Å². The van der Waals surface area contributed by atoms with E-state index >= 15 is 0 Å². The van der Waals surface area contributed by atoms with Gasteiger partial charge in [-0.2, -0.15) is 0 Å². The number of rotatable bonds is 6. The number of hydrogen-bond acceptors (Lipinski definition) is 5. The van der Waals surface area contributed by atoms with Crippen LogP contribution in [0.5, 0.6) is 0 Å². The van der Waals surface area contributed by atoms with E-state index in [9.17, 15) is 8.42 Å². The average molecular weight is 274 g/mol. The van der Waals surface area contributed by atoms with Crippen molar-refractivity contribution in [2.75, 3.05) is 0 Å². The van der Waals surface area contributed by atoms with E-state index in [4.69, 9.17) is 0 Å². The first-order valence-electron chi connectivity index (χ1n) is 5.86. The van der Waals surface area contributed by atoms with Crippen LogP contribution in [0, 0.1) is 0 Å². The largest absolute Gasteiger partial charge is 0.309 e. The maximum Gasteiger partial charge on any atom is 0.159 e. The van der Waals surface area contributed by atoms with Crippen LogP contribution in [0.2, 0.25) is 0 Å². The normalized spacial score (nSPS) is 16.6. The number of hydrogen-bond donors (Lipinski definition) is 1. The summed E-state index contributed by atoms with van der Waals surface area (Å²) in [6.45, 7) is 4.22. The Morgan fingerprint density at radius 3 is 2.82 bits per heavy atom. The Morgan fingerprint density at radius 2 is 2.24 bits per heavy atom. The van der Waals surface area contributed by atoms with Crippen molar-refractivity contribution in [2.45, 2.75) is 50.3 Å². The second-order valence-corrected chi connectivity index (χ2v) is 8.49. The number of sulfone groups is 1. The lowest BCUT2D eigenvalue weighted by atomic mass is 10.5. The van der Waals surface area contributed by atoms with Crippen molar-refractivity contribution in [3.8, 4) is 0 Å². The molecule has 1 fully saturated rings. The summed E-state index contributed by atoms with van der Waals surface area (Å²) in [5.74, 6) is 0.0682. The molecule has 17 heavy (non-hydrogen) atoms. The summed E-state index contributed by atoms with van der Waals surface area (Å²) in [7, 11) is -3.03. The Morgan fingerprint density at radius 1 is 1.53 bits per heavy atom. The molecule has 1 aromatic heterocycles. The van der Waals surface area contributed by atoms with Crippen molar-refractivity contribution >= 4 is 21.2 Å². The molecule has 6 heteroatoms. The van der Waals surface area contributed by atoms with Crippen LogP contribution in [0.15, 0.2) is 6.20 Å². The zero-order valence-electron chi connectivity index (χ0n) is 10.1. The highest BCUT2D eigenvalue weighted by atomic mass is 32.2. The molecule has 4 nitrogen and oxygen atoms in total. The van der Waals surface area contributed by atoms with Gasteiger partial charge < -0.3 is 5.32 Å². The highest BCUT2D eigenvalue weighted by molar-refractivity contribution is 7.91. The van der Waals surface area contributed by atoms with Gasteiger partial charge in [-0.1, -0.05) is 0 Å². The third kappa shape index (κ3) is 3.76. The van der Waals surface area contributed by atoms with E-state index in [0.29, 0.717) is 11.0 Å². The third-order valence-electron chi connectivity index (χ3n) is 2.79. The Bertz CT molecular complexity index is 475. The Labute approximate surface area is 106 Å². The van der Waals surface area contributed by atoms with Gasteiger partial charge in [0.2, 0.25) is 0 Å². The van der Waals surface area contributed by atoms with Gasteiger partial charge in [-0.25, -0.2) is 13.4 Å². The molecule has 0 spiro atoms. The lowest BCUT2D eigenvalue weighted by Gasteiger charge is -2.04. The van der Waals surface area contributed by atoms with E-state index in [1.54, 1.807) is 20.0 Å². The highest BCUT2D eigenvalue weighted by Crippen LogP contribution is 2.21. The van der Waals surface area contributed by atoms with Crippen LogP contribution in [0.25, 0.3) is 0 Å². The SMILES string of the molecule is CC(C)S(=O)(=O)Cc1ncc(CNC2CC2)s1. The summed E-state index contributed by atoms with van der Waals surface area (Å²) >= 11 is 1.49. The molecule has 0 radical (unpaired) electrons. The summed E-state index contributed by atoms with van der Waals surface area (Å²) in [4.78, 5) is 5.30. The van der Waals surface area contributed by atoms with E-state index in [-0.39, 0.29) is 11.0 Å². The van der Waals surface area contributed by atoms with Crippen LogP contribution in [0.3, 0.4) is 0 Å². The van der Waals surface area contributed by atoms with Crippen LogP contribution in [-0.2, 0) is 22.1 Å². The standard InChI is InChI=1S/C11H18N2O2S2/c1-8(2)17(14,15)7-11-13-6-10(16-11)5-12-9-3-4-9/h6,8-9,12H,3-5,7H2,1-2H3. The number of thiazole rings is 1. The molecule has 0 aromatic carbocycles. The van der Waals surface area contributed by atoms with E-state index in [1.165, 1.54) is 24.2 Å². The van der Waals surface area contributed by atoms with Gasteiger partial charge in [-0.3, -0.25) is 0 Å². The van der Waals surface area contributed by atoms with Gasteiger partial charge in [0.1, 0.15) is 10.8 Å². The Kier molecular flexibility index (Phi) is 3.85. The molecule has 96 valence electrons. The molecule has 0 atom stereocenters. The Hall–Kier alpha value is -0.460. The topological polar surface area (TPSA) is 59.1 Å². The molecule has 1 aliphatic rings. The molecule has 2 rings (SSSR count). The maximum absolute atomic E-state index is 11.7.